The van der Waals surface area contributed by atoms with Crippen LogP contribution in [0.3, 0.4) is 0 Å². The van der Waals surface area contributed by atoms with E-state index in [1.807, 2.05) is 30.8 Å². The fraction of sp³-hybridized carbons (Fsp3) is 0.409. The molecule has 6 heteroatoms. The number of aromatic nitrogens is 2. The summed E-state index contributed by atoms with van der Waals surface area (Å²) in [4.78, 5) is 25.9. The monoisotopic (exact) mass is 378 g/mol. The predicted molar refractivity (Wildman–Crippen MR) is 109 cm³/mol. The molecule has 0 aliphatic carbocycles. The number of hydrogen-bond donors (Lipinski definition) is 1. The summed E-state index contributed by atoms with van der Waals surface area (Å²) in [6, 6.07) is 7.17. The first kappa shape index (κ1) is 19.8. The van der Waals surface area contributed by atoms with Crippen LogP contribution in [0.1, 0.15) is 46.9 Å². The molecule has 1 aromatic heterocycles. The summed E-state index contributed by atoms with van der Waals surface area (Å²) < 4.78 is 0. The summed E-state index contributed by atoms with van der Waals surface area (Å²) in [5.74, 6) is 7.32. The van der Waals surface area contributed by atoms with Gasteiger partial charge in [0, 0.05) is 37.3 Å². The minimum atomic E-state index is -1.04. The number of nitrogens with zero attached hydrogens (tertiary/aromatic N) is 4. The average molecular weight is 378 g/mol. The minimum Gasteiger partial charge on any atom is -0.378 e. The van der Waals surface area contributed by atoms with Crippen LogP contribution in [0.15, 0.2) is 24.3 Å². The molecule has 2 aromatic rings. The van der Waals surface area contributed by atoms with E-state index in [0.29, 0.717) is 24.5 Å². The zero-order valence-corrected chi connectivity index (χ0v) is 17.1. The molecule has 0 spiro atoms. The molecule has 0 saturated carbocycles. The maximum Gasteiger partial charge on any atom is 0.254 e. The van der Waals surface area contributed by atoms with Gasteiger partial charge in [0.15, 0.2) is 0 Å². The lowest BCUT2D eigenvalue weighted by Gasteiger charge is -2.30. The number of carbonyl (C=O) groups excluding carboxylic acids is 1. The van der Waals surface area contributed by atoms with Crippen LogP contribution in [0, 0.1) is 18.8 Å². The summed E-state index contributed by atoms with van der Waals surface area (Å²) in [5.41, 5.74) is 2.39. The van der Waals surface area contributed by atoms with E-state index >= 15 is 0 Å². The molecule has 2 heterocycles. The van der Waals surface area contributed by atoms with Gasteiger partial charge in [-0.3, -0.25) is 4.79 Å². The number of aryl methyl sites for hydroxylation is 1. The van der Waals surface area contributed by atoms with Gasteiger partial charge in [-0.05, 0) is 51.5 Å². The van der Waals surface area contributed by atoms with Gasteiger partial charge in [0.2, 0.25) is 0 Å². The van der Waals surface area contributed by atoms with Crippen molar-refractivity contribution in [2.45, 2.75) is 39.3 Å². The van der Waals surface area contributed by atoms with Crippen LogP contribution in [0.4, 0.5) is 5.82 Å². The van der Waals surface area contributed by atoms with E-state index in [1.165, 1.54) is 0 Å². The molecule has 28 heavy (non-hydrogen) atoms. The zero-order chi connectivity index (χ0) is 20.5. The van der Waals surface area contributed by atoms with E-state index in [0.717, 1.165) is 29.1 Å². The molecular formula is C22H26N4O2. The second-order valence-electron chi connectivity index (χ2n) is 7.78. The third-order valence-electron chi connectivity index (χ3n) is 4.51. The molecule has 1 amide bonds. The number of hydrogen-bond acceptors (Lipinski definition) is 5. The van der Waals surface area contributed by atoms with Gasteiger partial charge in [0.25, 0.3) is 5.91 Å². The second-order valence-corrected chi connectivity index (χ2v) is 7.78. The third-order valence-corrected chi connectivity index (χ3v) is 4.51. The van der Waals surface area contributed by atoms with Gasteiger partial charge in [-0.15, -0.1) is 0 Å². The molecule has 0 unspecified atom stereocenters. The van der Waals surface area contributed by atoms with Crippen molar-refractivity contribution in [2.75, 3.05) is 25.5 Å². The Balaban J connectivity index is 1.79. The van der Waals surface area contributed by atoms with Crippen LogP contribution < -0.4 is 4.90 Å². The van der Waals surface area contributed by atoms with Crippen LogP contribution in [0.25, 0.3) is 0 Å². The summed E-state index contributed by atoms with van der Waals surface area (Å²) in [6.07, 6.45) is 0.740. The molecule has 0 radical (unpaired) electrons. The van der Waals surface area contributed by atoms with Gasteiger partial charge in [-0.2, -0.15) is 0 Å². The van der Waals surface area contributed by atoms with Crippen molar-refractivity contribution in [2.24, 2.45) is 0 Å². The maximum absolute atomic E-state index is 12.9. The fourth-order valence-electron chi connectivity index (χ4n) is 3.18. The fourth-order valence-corrected chi connectivity index (χ4v) is 3.18. The molecule has 1 aliphatic rings. The number of benzene rings is 1. The van der Waals surface area contributed by atoms with Gasteiger partial charge in [-0.25, -0.2) is 9.97 Å². The highest BCUT2D eigenvalue weighted by Crippen LogP contribution is 2.26. The molecular weight excluding hydrogens is 352 g/mol. The largest absolute Gasteiger partial charge is 0.378 e. The molecule has 0 bridgehead atoms. The van der Waals surface area contributed by atoms with Gasteiger partial charge < -0.3 is 14.9 Å². The predicted octanol–water partition coefficient (Wildman–Crippen LogP) is 2.17. The van der Waals surface area contributed by atoms with Crippen LogP contribution in [0.5, 0.6) is 0 Å². The SMILES string of the molecule is Cc1nc2c(c(N(C)C)n1)CCN(C(=O)c1ccc(C#CC(C)(C)O)cc1)C2. The van der Waals surface area contributed by atoms with Crippen molar-refractivity contribution < 1.29 is 9.90 Å². The standard InChI is InChI=1S/C22H26N4O2/c1-15-23-19-14-26(13-11-18(19)20(24-15)25(4)5)21(27)17-8-6-16(7-9-17)10-12-22(2,3)28/h6-9,28H,11,13-14H2,1-5H3. The van der Waals surface area contributed by atoms with Crippen LogP contribution >= 0.6 is 0 Å². The normalized spacial score (nSPS) is 13.4. The van der Waals surface area contributed by atoms with Crippen LogP contribution in [0.2, 0.25) is 0 Å². The Kier molecular flexibility index (Phi) is 5.39. The summed E-state index contributed by atoms with van der Waals surface area (Å²) in [6.45, 7) is 6.28. The van der Waals surface area contributed by atoms with E-state index in [1.54, 1.807) is 38.1 Å². The molecule has 1 aromatic carbocycles. The smallest absolute Gasteiger partial charge is 0.254 e. The third kappa shape index (κ3) is 4.49. The second kappa shape index (κ2) is 7.61. The van der Waals surface area contributed by atoms with Crippen molar-refractivity contribution in [3.8, 4) is 11.8 Å². The number of fused-ring (bicyclic) bond motifs is 1. The molecule has 3 rings (SSSR count). The van der Waals surface area contributed by atoms with Crippen molar-refractivity contribution in [3.05, 3.63) is 52.5 Å². The van der Waals surface area contributed by atoms with Gasteiger partial charge in [-0.1, -0.05) is 11.8 Å². The highest BCUT2D eigenvalue weighted by Gasteiger charge is 2.26. The maximum atomic E-state index is 12.9. The topological polar surface area (TPSA) is 69.6 Å². The van der Waals surface area contributed by atoms with Crippen molar-refractivity contribution in [1.29, 1.82) is 0 Å². The van der Waals surface area contributed by atoms with E-state index in [2.05, 4.69) is 21.8 Å². The molecule has 1 N–H and O–H groups in total. The summed E-state index contributed by atoms with van der Waals surface area (Å²) >= 11 is 0. The Morgan fingerprint density at radius 1 is 1.21 bits per heavy atom. The number of carbonyl (C=O) groups is 1. The number of rotatable bonds is 2. The van der Waals surface area contributed by atoms with Crippen LogP contribution in [-0.4, -0.2) is 52.1 Å². The highest BCUT2D eigenvalue weighted by atomic mass is 16.3. The average Bonchev–Trinajstić information content (AvgIpc) is 2.64. The lowest BCUT2D eigenvalue weighted by molar-refractivity contribution is 0.0731. The number of amides is 1. The Bertz CT molecular complexity index is 947. The number of aliphatic hydroxyl groups is 1. The Morgan fingerprint density at radius 3 is 2.50 bits per heavy atom. The molecule has 1 aliphatic heterocycles. The lowest BCUT2D eigenvalue weighted by atomic mass is 10.0. The lowest BCUT2D eigenvalue weighted by Crippen LogP contribution is -2.37. The minimum absolute atomic E-state index is 0.0182. The zero-order valence-electron chi connectivity index (χ0n) is 17.1. The number of anilines is 1. The van der Waals surface area contributed by atoms with E-state index in [9.17, 15) is 9.90 Å². The van der Waals surface area contributed by atoms with E-state index < -0.39 is 5.60 Å². The summed E-state index contributed by atoms with van der Waals surface area (Å²) in [7, 11) is 3.95. The van der Waals surface area contributed by atoms with Gasteiger partial charge in [0.05, 0.1) is 12.2 Å². The molecule has 146 valence electrons. The van der Waals surface area contributed by atoms with Crippen LogP contribution in [-0.2, 0) is 13.0 Å². The first-order valence-electron chi connectivity index (χ1n) is 9.32. The van der Waals surface area contributed by atoms with Crippen molar-refractivity contribution in [1.82, 2.24) is 14.9 Å². The van der Waals surface area contributed by atoms with Crippen molar-refractivity contribution >= 4 is 11.7 Å². The highest BCUT2D eigenvalue weighted by molar-refractivity contribution is 5.94. The van der Waals surface area contributed by atoms with E-state index in [-0.39, 0.29) is 5.91 Å². The first-order valence-corrected chi connectivity index (χ1v) is 9.32. The summed E-state index contributed by atoms with van der Waals surface area (Å²) in [5, 5.41) is 9.70. The molecule has 6 nitrogen and oxygen atoms in total. The molecule has 0 fully saturated rings. The van der Waals surface area contributed by atoms with Gasteiger partial charge >= 0.3 is 0 Å². The van der Waals surface area contributed by atoms with Crippen molar-refractivity contribution in [3.63, 3.8) is 0 Å². The molecule has 0 saturated heterocycles. The Morgan fingerprint density at radius 2 is 1.89 bits per heavy atom. The Hall–Kier alpha value is -2.91. The first-order chi connectivity index (χ1) is 13.1. The Labute approximate surface area is 166 Å². The van der Waals surface area contributed by atoms with E-state index in [4.69, 9.17) is 0 Å². The van der Waals surface area contributed by atoms with Gasteiger partial charge in [0.1, 0.15) is 17.2 Å². The molecule has 0 atom stereocenters. The quantitative estimate of drug-likeness (QED) is 0.811.